The van der Waals surface area contributed by atoms with Crippen molar-refractivity contribution >= 4 is 13.6 Å². The van der Waals surface area contributed by atoms with Gasteiger partial charge in [0.15, 0.2) is 0 Å². The summed E-state index contributed by atoms with van der Waals surface area (Å²) >= 11 is 0. The number of hydrogen-bond acceptors (Lipinski definition) is 5. The van der Waals surface area contributed by atoms with Crippen molar-refractivity contribution in [1.82, 2.24) is 4.90 Å². The van der Waals surface area contributed by atoms with E-state index in [9.17, 15) is 0 Å². The summed E-state index contributed by atoms with van der Waals surface area (Å²) in [5, 5.41) is 0. The molecule has 5 heteroatoms. The minimum Gasteiger partial charge on any atom is -0.378 e. The van der Waals surface area contributed by atoms with Crippen LogP contribution in [0.1, 0.15) is 52.4 Å². The molecule has 0 spiro atoms. The molecule has 2 fully saturated rings. The molecule has 0 aliphatic carbocycles. The quantitative estimate of drug-likeness (QED) is 0.797. The second kappa shape index (κ2) is 20.0. The van der Waals surface area contributed by atoms with Gasteiger partial charge in [-0.25, -0.2) is 0 Å². The van der Waals surface area contributed by atoms with Crippen LogP contribution >= 0.6 is 0 Å². The Bertz CT molecular complexity index is 246. The maximum atomic E-state index is 8.00. The summed E-state index contributed by atoms with van der Waals surface area (Å²) in [5.74, 6) is 0. The van der Waals surface area contributed by atoms with Gasteiger partial charge >= 0.3 is 0 Å². The van der Waals surface area contributed by atoms with Gasteiger partial charge in [-0.15, -0.1) is 13.2 Å². The van der Waals surface area contributed by atoms with Crippen LogP contribution in [0.5, 0.6) is 0 Å². The van der Waals surface area contributed by atoms with Gasteiger partial charge in [0.2, 0.25) is 0 Å². The Morgan fingerprint density at radius 1 is 1.12 bits per heavy atom. The van der Waals surface area contributed by atoms with E-state index in [1.807, 2.05) is 13.6 Å². The summed E-state index contributed by atoms with van der Waals surface area (Å²) < 4.78 is 5.74. The number of nitrogens with zero attached hydrogens (tertiary/aromatic N) is 1. The number of carbonyl (C=O) groups is 2. The first-order valence-electron chi connectivity index (χ1n) is 8.73. The first-order valence-corrected chi connectivity index (χ1v) is 8.73. The van der Waals surface area contributed by atoms with E-state index >= 15 is 0 Å². The lowest BCUT2D eigenvalue weighted by atomic mass is 9.74. The molecular weight excluding hydrogens is 304 g/mol. The largest absolute Gasteiger partial charge is 0.378 e. The maximum Gasteiger partial charge on any atom is 0.106 e. The molecule has 1 atom stereocenters. The lowest BCUT2D eigenvalue weighted by molar-refractivity contribution is -0.0987. The van der Waals surface area contributed by atoms with E-state index < -0.39 is 0 Å². The van der Waals surface area contributed by atoms with Gasteiger partial charge in [0.1, 0.15) is 13.6 Å². The average Bonchev–Trinajstić information content (AvgIpc) is 3.16. The van der Waals surface area contributed by atoms with E-state index in [2.05, 4.69) is 39.0 Å². The molecule has 0 aromatic heterocycles. The summed E-state index contributed by atoms with van der Waals surface area (Å²) in [6, 6.07) is 0. The van der Waals surface area contributed by atoms with E-state index in [0.717, 1.165) is 13.2 Å². The third-order valence-corrected chi connectivity index (χ3v) is 4.17. The van der Waals surface area contributed by atoms with Crippen molar-refractivity contribution < 1.29 is 14.3 Å². The lowest BCUT2D eigenvalue weighted by Gasteiger charge is -2.41. The highest BCUT2D eigenvalue weighted by Gasteiger charge is 2.35. The van der Waals surface area contributed by atoms with Crippen LogP contribution in [0, 0.1) is 5.41 Å². The minimum absolute atomic E-state index is 0.377. The highest BCUT2D eigenvalue weighted by Crippen LogP contribution is 2.37. The molecule has 24 heavy (non-hydrogen) atoms. The average molecular weight is 345 g/mol. The SMILES string of the molecule is C=C.C=O.C=O.CCC.CN1CCC(CN)(CC2CCCO2)CC1. The van der Waals surface area contributed by atoms with Crippen LogP contribution in [0.3, 0.4) is 0 Å². The van der Waals surface area contributed by atoms with Crippen LogP contribution in [-0.4, -0.2) is 57.9 Å². The van der Waals surface area contributed by atoms with Crippen LogP contribution in [-0.2, 0) is 14.3 Å². The molecule has 2 rings (SSSR count). The summed E-state index contributed by atoms with van der Waals surface area (Å²) in [6.45, 7) is 18.4. The Morgan fingerprint density at radius 3 is 1.92 bits per heavy atom. The molecule has 2 aliphatic heterocycles. The third kappa shape index (κ3) is 12.4. The predicted molar refractivity (Wildman–Crippen MR) is 103 cm³/mol. The normalized spacial score (nSPS) is 21.2. The predicted octanol–water partition coefficient (Wildman–Crippen LogP) is 3.07. The first-order chi connectivity index (χ1) is 11.7. The Balaban J connectivity index is -0.000000422. The zero-order valence-corrected chi connectivity index (χ0v) is 16.2. The van der Waals surface area contributed by atoms with E-state index in [-0.39, 0.29) is 0 Å². The molecular formula is C19H40N2O3. The maximum absolute atomic E-state index is 8.00. The lowest BCUT2D eigenvalue weighted by Crippen LogP contribution is -2.44. The summed E-state index contributed by atoms with van der Waals surface area (Å²) in [4.78, 5) is 18.4. The molecule has 0 radical (unpaired) electrons. The first kappa shape index (κ1) is 27.8. The zero-order valence-electron chi connectivity index (χ0n) is 16.2. The molecule has 0 amide bonds. The van der Waals surface area contributed by atoms with Crippen LogP contribution in [0.4, 0.5) is 0 Å². The van der Waals surface area contributed by atoms with Gasteiger partial charge in [0.25, 0.3) is 0 Å². The van der Waals surface area contributed by atoms with Crippen LogP contribution in [0.2, 0.25) is 0 Å². The fourth-order valence-electron chi connectivity index (χ4n) is 2.87. The molecule has 0 saturated carbocycles. The number of carbonyl (C=O) groups excluding carboxylic acids is 2. The zero-order chi connectivity index (χ0) is 19.4. The number of hydrogen-bond donors (Lipinski definition) is 1. The van der Waals surface area contributed by atoms with Gasteiger partial charge in [-0.1, -0.05) is 20.3 Å². The molecule has 1 unspecified atom stereocenters. The topological polar surface area (TPSA) is 72.6 Å². The van der Waals surface area contributed by atoms with Crippen LogP contribution in [0.15, 0.2) is 13.2 Å². The molecule has 5 nitrogen and oxygen atoms in total. The van der Waals surface area contributed by atoms with Crippen molar-refractivity contribution in [3.8, 4) is 0 Å². The summed E-state index contributed by atoms with van der Waals surface area (Å²) in [5.41, 5.74) is 6.36. The Labute approximate surface area is 149 Å². The van der Waals surface area contributed by atoms with Crippen molar-refractivity contribution in [2.45, 2.75) is 58.5 Å². The fourth-order valence-corrected chi connectivity index (χ4v) is 2.87. The number of rotatable bonds is 3. The molecule has 144 valence electrons. The van der Waals surface area contributed by atoms with Gasteiger partial charge in [-0.05, 0) is 64.2 Å². The van der Waals surface area contributed by atoms with Gasteiger partial charge < -0.3 is 25.0 Å². The minimum atomic E-state index is 0.377. The van der Waals surface area contributed by atoms with Gasteiger partial charge in [0, 0.05) is 6.61 Å². The van der Waals surface area contributed by atoms with Crippen molar-refractivity contribution in [2.75, 3.05) is 33.3 Å². The number of ether oxygens (including phenoxy) is 1. The monoisotopic (exact) mass is 344 g/mol. The molecule has 2 saturated heterocycles. The molecule has 2 N–H and O–H groups in total. The molecule has 2 aliphatic rings. The van der Waals surface area contributed by atoms with Gasteiger partial charge in [-0.3, -0.25) is 0 Å². The van der Waals surface area contributed by atoms with Crippen LogP contribution in [0.25, 0.3) is 0 Å². The van der Waals surface area contributed by atoms with Gasteiger partial charge in [-0.2, -0.15) is 0 Å². The Hall–Kier alpha value is -1.04. The molecule has 2 heterocycles. The second-order valence-corrected chi connectivity index (χ2v) is 6.05. The molecule has 0 aromatic carbocycles. The number of piperidine rings is 1. The van der Waals surface area contributed by atoms with E-state index in [4.69, 9.17) is 20.1 Å². The van der Waals surface area contributed by atoms with Crippen LogP contribution < -0.4 is 5.73 Å². The third-order valence-electron chi connectivity index (χ3n) is 4.17. The Kier molecular flexibility index (Phi) is 23.2. The highest BCUT2D eigenvalue weighted by molar-refractivity contribution is 5.11. The smallest absolute Gasteiger partial charge is 0.106 e. The van der Waals surface area contributed by atoms with E-state index in [1.54, 1.807) is 0 Å². The fraction of sp³-hybridized carbons (Fsp3) is 0.789. The van der Waals surface area contributed by atoms with Crippen molar-refractivity contribution in [3.05, 3.63) is 13.2 Å². The van der Waals surface area contributed by atoms with Crippen molar-refractivity contribution in [2.24, 2.45) is 11.1 Å². The number of likely N-dealkylation sites (tertiary alicyclic amines) is 1. The summed E-state index contributed by atoms with van der Waals surface area (Å²) in [7, 11) is 2.20. The Morgan fingerprint density at radius 2 is 1.58 bits per heavy atom. The second-order valence-electron chi connectivity index (χ2n) is 6.05. The molecule has 0 bridgehead atoms. The van der Waals surface area contributed by atoms with E-state index in [1.165, 1.54) is 51.6 Å². The standard InChI is InChI=1S/C12H24N2O.C3H8.C2H4.2CH2O/c1-14-6-4-12(10-13,5-7-14)9-11-3-2-8-15-11;1-3-2;3*1-2/h11H,2-10,13H2,1H3;3H2,1-2H3;1-2H2;2*1H2. The highest BCUT2D eigenvalue weighted by atomic mass is 16.5. The van der Waals surface area contributed by atoms with E-state index in [0.29, 0.717) is 11.5 Å². The molecule has 0 aromatic rings. The van der Waals surface area contributed by atoms with Crippen molar-refractivity contribution in [3.63, 3.8) is 0 Å². The van der Waals surface area contributed by atoms with Gasteiger partial charge in [0.05, 0.1) is 6.10 Å². The number of nitrogens with two attached hydrogens (primary N) is 1. The van der Waals surface area contributed by atoms with Crippen molar-refractivity contribution in [1.29, 1.82) is 0 Å². The summed E-state index contributed by atoms with van der Waals surface area (Å²) in [6.07, 6.45) is 7.93.